The standard InChI is InChI=1S/C16H26N2/c1-11(2)17-15-6-7-18(10-15)16-13(4)8-12(3)9-14(16)5/h8-9,11,15,17H,6-7,10H2,1-5H3. The van der Waals surface area contributed by atoms with Gasteiger partial charge in [-0.05, 0) is 38.3 Å². The molecule has 2 rings (SSSR count). The van der Waals surface area contributed by atoms with E-state index < -0.39 is 0 Å². The molecule has 2 heteroatoms. The molecule has 0 aromatic heterocycles. The van der Waals surface area contributed by atoms with Gasteiger partial charge in [0.2, 0.25) is 0 Å². The van der Waals surface area contributed by atoms with Gasteiger partial charge in [0.05, 0.1) is 0 Å². The number of rotatable bonds is 3. The molecule has 0 aliphatic carbocycles. The van der Waals surface area contributed by atoms with E-state index in [2.05, 4.69) is 57.0 Å². The van der Waals surface area contributed by atoms with Gasteiger partial charge in [0.1, 0.15) is 0 Å². The van der Waals surface area contributed by atoms with Crippen LogP contribution in [0.25, 0.3) is 0 Å². The van der Waals surface area contributed by atoms with Gasteiger partial charge in [-0.15, -0.1) is 0 Å². The first-order valence-corrected chi connectivity index (χ1v) is 7.06. The SMILES string of the molecule is Cc1cc(C)c(N2CCC(NC(C)C)C2)c(C)c1. The van der Waals surface area contributed by atoms with Gasteiger partial charge in [0.25, 0.3) is 0 Å². The van der Waals surface area contributed by atoms with Gasteiger partial charge in [-0.25, -0.2) is 0 Å². The van der Waals surface area contributed by atoms with E-state index in [1.165, 1.54) is 35.3 Å². The van der Waals surface area contributed by atoms with E-state index in [1.807, 2.05) is 0 Å². The fourth-order valence-corrected chi connectivity index (χ4v) is 3.24. The van der Waals surface area contributed by atoms with Gasteiger partial charge in [0.15, 0.2) is 0 Å². The minimum Gasteiger partial charge on any atom is -0.369 e. The molecule has 0 bridgehead atoms. The Morgan fingerprint density at radius 3 is 2.33 bits per heavy atom. The van der Waals surface area contributed by atoms with Gasteiger partial charge < -0.3 is 10.2 Å². The second-order valence-corrected chi connectivity index (χ2v) is 6.00. The van der Waals surface area contributed by atoms with Crippen LogP contribution in [0.5, 0.6) is 0 Å². The Labute approximate surface area is 111 Å². The van der Waals surface area contributed by atoms with E-state index in [4.69, 9.17) is 0 Å². The first-order chi connectivity index (χ1) is 8.47. The summed E-state index contributed by atoms with van der Waals surface area (Å²) < 4.78 is 0. The first kappa shape index (κ1) is 13.4. The molecule has 1 aliphatic rings. The highest BCUT2D eigenvalue weighted by atomic mass is 15.2. The lowest BCUT2D eigenvalue weighted by Gasteiger charge is -2.24. The molecule has 1 heterocycles. The maximum absolute atomic E-state index is 3.65. The number of anilines is 1. The summed E-state index contributed by atoms with van der Waals surface area (Å²) in [4.78, 5) is 2.55. The molecule has 18 heavy (non-hydrogen) atoms. The lowest BCUT2D eigenvalue weighted by molar-refractivity contribution is 0.492. The Morgan fingerprint density at radius 1 is 1.17 bits per heavy atom. The van der Waals surface area contributed by atoms with Crippen LogP contribution in [-0.4, -0.2) is 25.2 Å². The van der Waals surface area contributed by atoms with Crippen molar-refractivity contribution in [2.24, 2.45) is 0 Å². The molecule has 1 unspecified atom stereocenters. The topological polar surface area (TPSA) is 15.3 Å². The summed E-state index contributed by atoms with van der Waals surface area (Å²) in [6, 6.07) is 5.82. The number of nitrogens with zero attached hydrogens (tertiary/aromatic N) is 1. The van der Waals surface area contributed by atoms with Gasteiger partial charge in [-0.1, -0.05) is 31.5 Å². The van der Waals surface area contributed by atoms with Crippen LogP contribution in [0.1, 0.15) is 37.0 Å². The molecule has 1 N–H and O–H groups in total. The Hall–Kier alpha value is -1.02. The molecule has 1 aromatic carbocycles. The maximum atomic E-state index is 3.65. The molecule has 1 aliphatic heterocycles. The lowest BCUT2D eigenvalue weighted by Crippen LogP contribution is -2.37. The molecule has 1 atom stereocenters. The number of aryl methyl sites for hydroxylation is 3. The summed E-state index contributed by atoms with van der Waals surface area (Å²) >= 11 is 0. The molecule has 100 valence electrons. The summed E-state index contributed by atoms with van der Waals surface area (Å²) in [6.45, 7) is 13.4. The summed E-state index contributed by atoms with van der Waals surface area (Å²) in [5, 5.41) is 3.65. The Morgan fingerprint density at radius 2 is 1.78 bits per heavy atom. The second-order valence-electron chi connectivity index (χ2n) is 6.00. The molecular weight excluding hydrogens is 220 g/mol. The van der Waals surface area contributed by atoms with Crippen molar-refractivity contribution in [1.82, 2.24) is 5.32 Å². The molecule has 0 amide bonds. The van der Waals surface area contributed by atoms with Gasteiger partial charge in [-0.3, -0.25) is 0 Å². The minimum atomic E-state index is 0.579. The van der Waals surface area contributed by atoms with Crippen LogP contribution in [0.2, 0.25) is 0 Å². The molecule has 0 radical (unpaired) electrons. The lowest BCUT2D eigenvalue weighted by atomic mass is 10.0. The van der Waals surface area contributed by atoms with E-state index in [-0.39, 0.29) is 0 Å². The van der Waals surface area contributed by atoms with Crippen LogP contribution in [-0.2, 0) is 0 Å². The zero-order valence-corrected chi connectivity index (χ0v) is 12.4. The molecule has 1 saturated heterocycles. The van der Waals surface area contributed by atoms with E-state index in [1.54, 1.807) is 0 Å². The monoisotopic (exact) mass is 246 g/mol. The zero-order chi connectivity index (χ0) is 13.3. The van der Waals surface area contributed by atoms with Crippen molar-refractivity contribution in [3.8, 4) is 0 Å². The fourth-order valence-electron chi connectivity index (χ4n) is 3.24. The quantitative estimate of drug-likeness (QED) is 0.881. The predicted molar refractivity (Wildman–Crippen MR) is 79.5 cm³/mol. The van der Waals surface area contributed by atoms with Crippen LogP contribution in [0, 0.1) is 20.8 Å². The number of nitrogens with one attached hydrogen (secondary N) is 1. The molecule has 1 aromatic rings. The average Bonchev–Trinajstić information content (AvgIpc) is 2.63. The van der Waals surface area contributed by atoms with Crippen molar-refractivity contribution in [2.45, 2.75) is 53.1 Å². The van der Waals surface area contributed by atoms with Crippen molar-refractivity contribution in [3.05, 3.63) is 28.8 Å². The van der Waals surface area contributed by atoms with Crippen molar-refractivity contribution in [2.75, 3.05) is 18.0 Å². The van der Waals surface area contributed by atoms with Crippen LogP contribution in [0.3, 0.4) is 0 Å². The van der Waals surface area contributed by atoms with Crippen molar-refractivity contribution in [1.29, 1.82) is 0 Å². The fraction of sp³-hybridized carbons (Fsp3) is 0.625. The van der Waals surface area contributed by atoms with Crippen LogP contribution < -0.4 is 10.2 Å². The predicted octanol–water partition coefficient (Wildman–Crippen LogP) is 3.19. The maximum Gasteiger partial charge on any atom is 0.0426 e. The van der Waals surface area contributed by atoms with Crippen molar-refractivity contribution < 1.29 is 0 Å². The third-order valence-electron chi connectivity index (χ3n) is 3.71. The van der Waals surface area contributed by atoms with E-state index in [0.717, 1.165) is 6.54 Å². The third-order valence-corrected chi connectivity index (χ3v) is 3.71. The highest BCUT2D eigenvalue weighted by Crippen LogP contribution is 2.29. The molecular formula is C16H26N2. The normalized spacial score (nSPS) is 19.9. The second kappa shape index (κ2) is 5.31. The number of hydrogen-bond acceptors (Lipinski definition) is 2. The summed E-state index contributed by atoms with van der Waals surface area (Å²) in [6.07, 6.45) is 1.25. The summed E-state index contributed by atoms with van der Waals surface area (Å²) in [7, 11) is 0. The van der Waals surface area contributed by atoms with Gasteiger partial charge in [-0.2, -0.15) is 0 Å². The van der Waals surface area contributed by atoms with E-state index in [0.29, 0.717) is 12.1 Å². The van der Waals surface area contributed by atoms with Gasteiger partial charge in [0, 0.05) is 30.9 Å². The van der Waals surface area contributed by atoms with Gasteiger partial charge >= 0.3 is 0 Å². The highest BCUT2D eigenvalue weighted by Gasteiger charge is 2.24. The zero-order valence-electron chi connectivity index (χ0n) is 12.4. The molecule has 2 nitrogen and oxygen atoms in total. The van der Waals surface area contributed by atoms with Crippen LogP contribution in [0.4, 0.5) is 5.69 Å². The largest absolute Gasteiger partial charge is 0.369 e. The number of benzene rings is 1. The highest BCUT2D eigenvalue weighted by molar-refractivity contribution is 5.61. The van der Waals surface area contributed by atoms with Crippen LogP contribution in [0.15, 0.2) is 12.1 Å². The molecule has 1 fully saturated rings. The van der Waals surface area contributed by atoms with Crippen LogP contribution >= 0.6 is 0 Å². The first-order valence-electron chi connectivity index (χ1n) is 7.06. The molecule has 0 spiro atoms. The summed E-state index contributed by atoms with van der Waals surface area (Å²) in [5.41, 5.74) is 5.65. The van der Waals surface area contributed by atoms with E-state index in [9.17, 15) is 0 Å². The smallest absolute Gasteiger partial charge is 0.0426 e. The average molecular weight is 246 g/mol. The Balaban J connectivity index is 2.14. The number of hydrogen-bond donors (Lipinski definition) is 1. The van der Waals surface area contributed by atoms with E-state index >= 15 is 0 Å². The Kier molecular flexibility index (Phi) is 3.96. The Bertz CT molecular complexity index is 400. The van der Waals surface area contributed by atoms with Crippen molar-refractivity contribution >= 4 is 5.69 Å². The van der Waals surface area contributed by atoms with Crippen molar-refractivity contribution in [3.63, 3.8) is 0 Å². The molecule has 0 saturated carbocycles. The third kappa shape index (κ3) is 2.86. The minimum absolute atomic E-state index is 0.579. The summed E-state index contributed by atoms with van der Waals surface area (Å²) in [5.74, 6) is 0.